The molecule has 0 saturated carbocycles. The normalized spacial score (nSPS) is 18.5. The van der Waals surface area contributed by atoms with E-state index in [2.05, 4.69) is 10.2 Å². The van der Waals surface area contributed by atoms with E-state index in [1.807, 2.05) is 4.90 Å². The number of rotatable bonds is 6. The molecule has 8 nitrogen and oxygen atoms in total. The molecule has 2 fully saturated rings. The maximum Gasteiger partial charge on any atom is 0.418 e. The number of alkyl halides is 4. The fraction of sp³-hybridized carbons (Fsp3) is 0.400. The van der Waals surface area contributed by atoms with Crippen LogP contribution in [-0.4, -0.2) is 54.9 Å². The van der Waals surface area contributed by atoms with E-state index in [9.17, 15) is 18.0 Å². The molecular formula is C25H24F4N6O2. The van der Waals surface area contributed by atoms with Crippen LogP contribution in [-0.2, 0) is 29.9 Å². The molecule has 1 atom stereocenters. The Bertz CT molecular complexity index is 1530. The van der Waals surface area contributed by atoms with Gasteiger partial charge in [-0.2, -0.15) is 13.2 Å². The minimum atomic E-state index is -4.64. The second kappa shape index (κ2) is 8.52. The van der Waals surface area contributed by atoms with Crippen LogP contribution in [0.15, 0.2) is 53.8 Å². The van der Waals surface area contributed by atoms with Gasteiger partial charge in [0.2, 0.25) is 0 Å². The summed E-state index contributed by atoms with van der Waals surface area (Å²) in [5, 5.41) is 7.66. The minimum Gasteiger partial charge on any atom is -0.379 e. The molecule has 3 aromatic heterocycles. The third-order valence-electron chi connectivity index (χ3n) is 7.36. The van der Waals surface area contributed by atoms with E-state index in [4.69, 9.17) is 4.74 Å². The minimum absolute atomic E-state index is 0.0925. The van der Waals surface area contributed by atoms with E-state index in [1.165, 1.54) is 27.9 Å². The highest BCUT2D eigenvalue weighted by molar-refractivity contribution is 5.58. The Kier molecular flexibility index (Phi) is 5.50. The van der Waals surface area contributed by atoms with Crippen LogP contribution in [0.1, 0.15) is 35.1 Å². The van der Waals surface area contributed by atoms with E-state index in [0.29, 0.717) is 23.4 Å². The van der Waals surface area contributed by atoms with Gasteiger partial charge in [0, 0.05) is 26.0 Å². The average Bonchev–Trinajstić information content (AvgIpc) is 3.38. The van der Waals surface area contributed by atoms with Crippen LogP contribution in [0.4, 0.5) is 17.6 Å². The molecule has 194 valence electrons. The van der Waals surface area contributed by atoms with Crippen LogP contribution in [0, 0.1) is 0 Å². The summed E-state index contributed by atoms with van der Waals surface area (Å²) in [6.45, 7) is 2.16. The van der Waals surface area contributed by atoms with Gasteiger partial charge >= 0.3 is 11.9 Å². The zero-order valence-corrected chi connectivity index (χ0v) is 20.0. The van der Waals surface area contributed by atoms with Crippen molar-refractivity contribution in [2.75, 3.05) is 26.3 Å². The molecule has 4 aromatic rings. The molecule has 2 aliphatic rings. The van der Waals surface area contributed by atoms with Gasteiger partial charge in [-0.15, -0.1) is 10.2 Å². The summed E-state index contributed by atoms with van der Waals surface area (Å²) in [5.41, 5.74) is -1.48. The number of ether oxygens (including phenoxy) is 1. The Morgan fingerprint density at radius 2 is 1.95 bits per heavy atom. The molecule has 5 heterocycles. The van der Waals surface area contributed by atoms with Crippen LogP contribution >= 0.6 is 0 Å². The zero-order valence-electron chi connectivity index (χ0n) is 20.0. The second-order valence-corrected chi connectivity index (χ2v) is 9.79. The Morgan fingerprint density at radius 1 is 1.16 bits per heavy atom. The monoisotopic (exact) mass is 516 g/mol. The summed E-state index contributed by atoms with van der Waals surface area (Å²) in [5.74, 6) is 0.144. The van der Waals surface area contributed by atoms with Crippen LogP contribution in [0.3, 0.4) is 0 Å². The fourth-order valence-electron chi connectivity index (χ4n) is 5.06. The maximum absolute atomic E-state index is 15.8. The van der Waals surface area contributed by atoms with E-state index in [0.717, 1.165) is 30.0 Å². The highest BCUT2D eigenvalue weighted by Gasteiger charge is 2.50. The quantitative estimate of drug-likeness (QED) is 0.368. The van der Waals surface area contributed by atoms with Crippen LogP contribution < -0.4 is 5.69 Å². The summed E-state index contributed by atoms with van der Waals surface area (Å²) in [6.07, 6.45) is -1.09. The molecule has 0 N–H and O–H groups in total. The third kappa shape index (κ3) is 3.86. The van der Waals surface area contributed by atoms with Gasteiger partial charge in [0.15, 0.2) is 12.0 Å². The molecule has 6 rings (SSSR count). The number of hydrogen-bond acceptors (Lipinski definition) is 5. The van der Waals surface area contributed by atoms with Gasteiger partial charge in [-0.25, -0.2) is 9.18 Å². The Morgan fingerprint density at radius 3 is 2.54 bits per heavy atom. The summed E-state index contributed by atoms with van der Waals surface area (Å²) in [4.78, 5) is 15.4. The largest absolute Gasteiger partial charge is 0.418 e. The number of pyridine rings is 1. The zero-order chi connectivity index (χ0) is 25.9. The molecule has 12 heteroatoms. The number of hydrogen-bond donors (Lipinski definition) is 0. The van der Waals surface area contributed by atoms with Crippen molar-refractivity contribution in [1.29, 1.82) is 0 Å². The molecule has 0 radical (unpaired) electrons. The summed E-state index contributed by atoms with van der Waals surface area (Å²) < 4.78 is 66.8. The summed E-state index contributed by atoms with van der Waals surface area (Å²) in [7, 11) is 1.65. The molecule has 0 aliphatic carbocycles. The predicted octanol–water partition coefficient (Wildman–Crippen LogP) is 3.42. The highest BCUT2D eigenvalue weighted by Crippen LogP contribution is 2.45. The molecule has 2 saturated heterocycles. The van der Waals surface area contributed by atoms with Gasteiger partial charge in [0.25, 0.3) is 0 Å². The number of aryl methyl sites for hydroxylation is 1. The van der Waals surface area contributed by atoms with Crippen LogP contribution in [0.2, 0.25) is 0 Å². The van der Waals surface area contributed by atoms with Gasteiger partial charge in [-0.3, -0.25) is 13.9 Å². The Labute approximate surface area is 208 Å². The molecule has 37 heavy (non-hydrogen) atoms. The first kappa shape index (κ1) is 23.9. The van der Waals surface area contributed by atoms with Crippen molar-refractivity contribution in [3.05, 3.63) is 82.1 Å². The molecule has 0 bridgehead atoms. The lowest BCUT2D eigenvalue weighted by atomic mass is 9.74. The molecule has 0 spiro atoms. The van der Waals surface area contributed by atoms with Crippen molar-refractivity contribution in [3.63, 3.8) is 0 Å². The second-order valence-electron chi connectivity index (χ2n) is 9.79. The van der Waals surface area contributed by atoms with Crippen molar-refractivity contribution < 1.29 is 22.3 Å². The van der Waals surface area contributed by atoms with Crippen LogP contribution in [0.5, 0.6) is 0 Å². The van der Waals surface area contributed by atoms with E-state index >= 15 is 4.39 Å². The molecular weight excluding hydrogens is 492 g/mol. The first-order chi connectivity index (χ1) is 17.7. The van der Waals surface area contributed by atoms with E-state index in [1.54, 1.807) is 31.3 Å². The van der Waals surface area contributed by atoms with E-state index < -0.39 is 29.0 Å². The summed E-state index contributed by atoms with van der Waals surface area (Å²) >= 11 is 0. The molecule has 0 amide bonds. The fourth-order valence-corrected chi connectivity index (χ4v) is 5.06. The van der Waals surface area contributed by atoms with Gasteiger partial charge < -0.3 is 9.30 Å². The molecule has 1 aromatic carbocycles. The molecule has 0 unspecified atom stereocenters. The number of likely N-dealkylation sites (tertiary alicyclic amines) is 1. The lowest BCUT2D eigenvalue weighted by Crippen LogP contribution is -2.50. The number of nitrogens with zero attached hydrogens (tertiary/aromatic N) is 6. The van der Waals surface area contributed by atoms with Gasteiger partial charge in [0.1, 0.15) is 6.33 Å². The standard InChI is InChI=1S/C25H24F4N6O2/c1-32-15-30-31-22(32)21(26)24(13-37-14-24)17-4-2-5-18(9-17)34-12-20-19(25(27,28)29)8-16(10-33-6-3-7-33)11-35(20)23(34)36/h2,4-5,8-9,11-12,15,21H,3,6-7,10,13-14H2,1H3/t21-/m0/s1. The third-order valence-corrected chi connectivity index (χ3v) is 7.36. The topological polar surface area (TPSA) is 69.6 Å². The van der Waals surface area contributed by atoms with Crippen molar-refractivity contribution >= 4 is 5.52 Å². The molecule has 2 aliphatic heterocycles. The average molecular weight is 516 g/mol. The Balaban J connectivity index is 1.44. The Hall–Kier alpha value is -3.51. The predicted molar refractivity (Wildman–Crippen MR) is 125 cm³/mol. The first-order valence-corrected chi connectivity index (χ1v) is 11.9. The van der Waals surface area contributed by atoms with Crippen molar-refractivity contribution in [2.24, 2.45) is 7.05 Å². The van der Waals surface area contributed by atoms with Crippen molar-refractivity contribution in [1.82, 2.24) is 28.6 Å². The van der Waals surface area contributed by atoms with Crippen molar-refractivity contribution in [2.45, 2.75) is 30.7 Å². The lowest BCUT2D eigenvalue weighted by Gasteiger charge is -2.43. The smallest absolute Gasteiger partial charge is 0.379 e. The number of halogens is 4. The van der Waals surface area contributed by atoms with Gasteiger partial charge in [-0.05, 0) is 48.8 Å². The van der Waals surface area contributed by atoms with Crippen molar-refractivity contribution in [3.8, 4) is 5.69 Å². The summed E-state index contributed by atoms with van der Waals surface area (Å²) in [6, 6.07) is 7.73. The number of aromatic nitrogens is 5. The van der Waals surface area contributed by atoms with Gasteiger partial charge in [0.05, 0.1) is 35.4 Å². The number of imidazole rings is 1. The lowest BCUT2D eigenvalue weighted by molar-refractivity contribution is -0.136. The number of benzene rings is 1. The maximum atomic E-state index is 15.8. The highest BCUT2D eigenvalue weighted by atomic mass is 19.4. The first-order valence-electron chi connectivity index (χ1n) is 11.9. The van der Waals surface area contributed by atoms with Gasteiger partial charge in [-0.1, -0.05) is 12.1 Å². The number of fused-ring (bicyclic) bond motifs is 1. The van der Waals surface area contributed by atoms with Crippen LogP contribution in [0.25, 0.3) is 11.2 Å². The van der Waals surface area contributed by atoms with E-state index in [-0.39, 0.29) is 24.6 Å². The SMILES string of the molecule is Cn1cnnc1[C@H](F)C1(c2cccc(-n3cc4c(C(F)(F)F)cc(CN5CCC5)cn4c3=O)c2)COC1.